The molecule has 9 nitrogen and oxygen atoms in total. The lowest BCUT2D eigenvalue weighted by molar-refractivity contribution is -0.137. The molecule has 1 amide bonds. The molecule has 0 saturated carbocycles. The molecule has 0 unspecified atom stereocenters. The number of carbonyl (C=O) groups is 1. The van der Waals surface area contributed by atoms with E-state index in [1.807, 2.05) is 0 Å². The molecule has 0 saturated heterocycles. The van der Waals surface area contributed by atoms with Crippen LogP contribution in [0.25, 0.3) is 22.3 Å². The summed E-state index contributed by atoms with van der Waals surface area (Å²) in [6, 6.07) is 2.08. The normalized spacial score (nSPS) is 11.7. The van der Waals surface area contributed by atoms with Crippen LogP contribution in [0.2, 0.25) is 0 Å². The van der Waals surface area contributed by atoms with Gasteiger partial charge >= 0.3 is 11.9 Å². The van der Waals surface area contributed by atoms with Crippen LogP contribution < -0.4 is 16.6 Å². The van der Waals surface area contributed by atoms with E-state index in [0.29, 0.717) is 6.07 Å². The van der Waals surface area contributed by atoms with Crippen LogP contribution in [0.4, 0.5) is 22.7 Å². The van der Waals surface area contributed by atoms with Crippen molar-refractivity contribution in [3.8, 4) is 11.3 Å². The van der Waals surface area contributed by atoms with Crippen molar-refractivity contribution < 1.29 is 22.4 Å². The molecule has 4 rings (SSSR count). The molecule has 1 N–H and O–H groups in total. The Morgan fingerprint density at radius 2 is 1.91 bits per heavy atom. The third kappa shape index (κ3) is 4.19. The Kier molecular flexibility index (Phi) is 5.77. The SMILES string of the molecule is Cn1c(=O)c2c(CC(=O)Nc3nc(-c4ccc(C(F)(F)F)cc4F)cs3)cnnc2n(C)c1=O. The number of thiazole rings is 1. The Bertz CT molecular complexity index is 1560. The van der Waals surface area contributed by atoms with E-state index in [1.54, 1.807) is 0 Å². The molecule has 176 valence electrons. The lowest BCUT2D eigenvalue weighted by atomic mass is 10.1. The fourth-order valence-electron chi connectivity index (χ4n) is 3.27. The van der Waals surface area contributed by atoms with Gasteiger partial charge in [-0.15, -0.1) is 16.4 Å². The van der Waals surface area contributed by atoms with Crippen molar-refractivity contribution in [2.75, 3.05) is 5.32 Å². The van der Waals surface area contributed by atoms with Crippen LogP contribution in [0.15, 0.2) is 39.4 Å². The summed E-state index contributed by atoms with van der Waals surface area (Å²) in [7, 11) is 2.71. The molecule has 0 aliphatic carbocycles. The number of hydrogen-bond donors (Lipinski definition) is 1. The van der Waals surface area contributed by atoms with Crippen molar-refractivity contribution in [3.05, 3.63) is 67.6 Å². The maximum Gasteiger partial charge on any atom is 0.416 e. The number of aryl methyl sites for hydroxylation is 1. The molecule has 3 aromatic heterocycles. The molecular weight excluding hydrogens is 480 g/mol. The van der Waals surface area contributed by atoms with Crippen LogP contribution in [0, 0.1) is 5.82 Å². The number of aromatic nitrogens is 5. The summed E-state index contributed by atoms with van der Waals surface area (Å²) in [5.41, 5.74) is -2.22. The number of fused-ring (bicyclic) bond motifs is 1. The number of rotatable bonds is 4. The van der Waals surface area contributed by atoms with Crippen molar-refractivity contribution in [1.29, 1.82) is 0 Å². The number of halogens is 4. The van der Waals surface area contributed by atoms with E-state index in [9.17, 15) is 31.9 Å². The first-order valence-corrected chi connectivity index (χ1v) is 10.4. The summed E-state index contributed by atoms with van der Waals surface area (Å²) >= 11 is 0.944. The Balaban J connectivity index is 1.58. The number of nitrogens with one attached hydrogen (secondary N) is 1. The third-order valence-electron chi connectivity index (χ3n) is 4.99. The number of benzene rings is 1. The van der Waals surface area contributed by atoms with Gasteiger partial charge in [-0.3, -0.25) is 18.7 Å². The van der Waals surface area contributed by atoms with Crippen molar-refractivity contribution in [1.82, 2.24) is 24.3 Å². The summed E-state index contributed by atoms with van der Waals surface area (Å²) in [6.45, 7) is 0. The second-order valence-electron chi connectivity index (χ2n) is 7.23. The van der Waals surface area contributed by atoms with Gasteiger partial charge in [0.15, 0.2) is 10.8 Å². The second-order valence-corrected chi connectivity index (χ2v) is 8.09. The lowest BCUT2D eigenvalue weighted by Crippen LogP contribution is -2.38. The predicted molar refractivity (Wildman–Crippen MR) is 115 cm³/mol. The number of hydrogen-bond acceptors (Lipinski definition) is 7. The first kappa shape index (κ1) is 23.2. The summed E-state index contributed by atoms with van der Waals surface area (Å²) in [4.78, 5) is 41.3. The topological polar surface area (TPSA) is 112 Å². The fourth-order valence-corrected chi connectivity index (χ4v) is 4.00. The van der Waals surface area contributed by atoms with Gasteiger partial charge in [0.1, 0.15) is 5.82 Å². The minimum Gasteiger partial charge on any atom is -0.302 e. The average molecular weight is 494 g/mol. The van der Waals surface area contributed by atoms with E-state index in [0.717, 1.165) is 32.6 Å². The molecule has 0 fully saturated rings. The average Bonchev–Trinajstić information content (AvgIpc) is 3.23. The Hall–Kier alpha value is -3.94. The third-order valence-corrected chi connectivity index (χ3v) is 5.75. The monoisotopic (exact) mass is 494 g/mol. The molecule has 34 heavy (non-hydrogen) atoms. The van der Waals surface area contributed by atoms with E-state index in [1.165, 1.54) is 25.7 Å². The van der Waals surface area contributed by atoms with Gasteiger partial charge in [0, 0.05) is 25.0 Å². The molecule has 0 bridgehead atoms. The van der Waals surface area contributed by atoms with Gasteiger partial charge < -0.3 is 5.32 Å². The minimum absolute atomic E-state index is 0.0210. The number of anilines is 1. The van der Waals surface area contributed by atoms with E-state index in [4.69, 9.17) is 0 Å². The van der Waals surface area contributed by atoms with Gasteiger partial charge in [0.2, 0.25) is 5.91 Å². The van der Waals surface area contributed by atoms with Gasteiger partial charge in [-0.05, 0) is 23.8 Å². The largest absolute Gasteiger partial charge is 0.416 e. The highest BCUT2D eigenvalue weighted by Gasteiger charge is 2.31. The van der Waals surface area contributed by atoms with Crippen LogP contribution in [-0.4, -0.2) is 30.2 Å². The molecule has 0 atom stereocenters. The zero-order valence-corrected chi connectivity index (χ0v) is 18.3. The summed E-state index contributed by atoms with van der Waals surface area (Å²) < 4.78 is 54.5. The highest BCUT2D eigenvalue weighted by Crippen LogP contribution is 2.33. The molecule has 0 aliphatic rings. The molecular formula is C20H14F4N6O3S. The van der Waals surface area contributed by atoms with Gasteiger partial charge in [0.25, 0.3) is 5.56 Å². The van der Waals surface area contributed by atoms with Crippen LogP contribution in [0.5, 0.6) is 0 Å². The molecule has 0 radical (unpaired) electrons. The minimum atomic E-state index is -4.68. The molecule has 3 heterocycles. The van der Waals surface area contributed by atoms with E-state index in [2.05, 4.69) is 20.5 Å². The van der Waals surface area contributed by atoms with Crippen molar-refractivity contribution in [2.24, 2.45) is 14.1 Å². The van der Waals surface area contributed by atoms with Gasteiger partial charge in [-0.25, -0.2) is 14.2 Å². The first-order valence-electron chi connectivity index (χ1n) is 9.50. The molecule has 1 aromatic carbocycles. The van der Waals surface area contributed by atoms with Crippen LogP contribution in [0.1, 0.15) is 11.1 Å². The Morgan fingerprint density at radius 1 is 1.18 bits per heavy atom. The quantitative estimate of drug-likeness (QED) is 0.437. The second kappa shape index (κ2) is 8.44. The van der Waals surface area contributed by atoms with Crippen molar-refractivity contribution in [2.45, 2.75) is 12.6 Å². The first-order chi connectivity index (χ1) is 16.0. The molecule has 14 heteroatoms. The highest BCUT2D eigenvalue weighted by atomic mass is 32.1. The maximum absolute atomic E-state index is 14.2. The van der Waals surface area contributed by atoms with Crippen LogP contribution in [-0.2, 0) is 31.5 Å². The highest BCUT2D eigenvalue weighted by molar-refractivity contribution is 7.14. The number of alkyl halides is 3. The fraction of sp³-hybridized carbons (Fsp3) is 0.200. The molecule has 0 spiro atoms. The van der Waals surface area contributed by atoms with Crippen molar-refractivity contribution >= 4 is 33.4 Å². The zero-order valence-electron chi connectivity index (χ0n) is 17.5. The molecule has 0 aliphatic heterocycles. The van der Waals surface area contributed by atoms with E-state index >= 15 is 0 Å². The smallest absolute Gasteiger partial charge is 0.302 e. The van der Waals surface area contributed by atoms with Gasteiger partial charge in [-0.1, -0.05) is 0 Å². The lowest BCUT2D eigenvalue weighted by Gasteiger charge is -2.09. The van der Waals surface area contributed by atoms with Crippen molar-refractivity contribution in [3.63, 3.8) is 0 Å². The number of nitrogens with zero attached hydrogens (tertiary/aromatic N) is 5. The summed E-state index contributed by atoms with van der Waals surface area (Å²) in [5.74, 6) is -1.69. The van der Waals surface area contributed by atoms with Crippen LogP contribution in [0.3, 0.4) is 0 Å². The van der Waals surface area contributed by atoms with Gasteiger partial charge in [0.05, 0.1) is 29.3 Å². The van der Waals surface area contributed by atoms with Gasteiger partial charge in [-0.2, -0.15) is 18.3 Å². The maximum atomic E-state index is 14.2. The van der Waals surface area contributed by atoms with Crippen LogP contribution >= 0.6 is 11.3 Å². The zero-order chi connectivity index (χ0) is 24.8. The summed E-state index contributed by atoms with van der Waals surface area (Å²) in [6.07, 6.45) is -3.75. The summed E-state index contributed by atoms with van der Waals surface area (Å²) in [5, 5.41) is 11.6. The standard InChI is InChI=1S/C20H14F4N6O3S/c1-29-16-15(17(32)30(2)19(29)33)9(7-25-28-16)5-14(31)27-18-26-13(8-34-18)11-4-3-10(6-12(11)21)20(22,23)24/h3-4,6-8H,5H2,1-2H3,(H,26,27,31). The predicted octanol–water partition coefficient (Wildman–Crippen LogP) is 2.49. The Labute approximate surface area is 191 Å². The van der Waals surface area contributed by atoms with E-state index < -0.39 is 34.7 Å². The molecule has 4 aromatic rings. The number of amides is 1. The van der Waals surface area contributed by atoms with E-state index in [-0.39, 0.29) is 39.4 Å². The number of carbonyl (C=O) groups excluding carboxylic acids is 1. The Morgan fingerprint density at radius 3 is 2.59 bits per heavy atom.